The molecule has 6 nitrogen and oxygen atoms in total. The largest absolute Gasteiger partial charge is 0.481 e. The Hall–Kier alpha value is -1.24. The third kappa shape index (κ3) is 9.87. The zero-order valence-corrected chi connectivity index (χ0v) is 18.3. The van der Waals surface area contributed by atoms with Gasteiger partial charge in [-0.3, -0.25) is 9.59 Å². The molecule has 1 aliphatic carbocycles. The maximum atomic E-state index is 12.3. The van der Waals surface area contributed by atoms with Gasteiger partial charge in [0.15, 0.2) is 0 Å². The Morgan fingerprint density at radius 1 is 1.28 bits per heavy atom. The molecule has 0 amide bonds. The molecule has 5 unspecified atom stereocenters. The van der Waals surface area contributed by atoms with E-state index in [2.05, 4.69) is 13.8 Å². The molecule has 0 aliphatic heterocycles. The second kappa shape index (κ2) is 13.9. The summed E-state index contributed by atoms with van der Waals surface area (Å²) >= 11 is 0. The number of aliphatic hydroxyl groups excluding tert-OH is 2. The number of methoxy groups -OCH3 is 1. The maximum Gasteiger partial charge on any atom is 0.305 e. The van der Waals surface area contributed by atoms with Crippen LogP contribution in [0.4, 0.5) is 0 Å². The fourth-order valence-electron chi connectivity index (χ4n) is 4.24. The van der Waals surface area contributed by atoms with Gasteiger partial charge in [-0.2, -0.15) is 0 Å². The number of carboxylic acid groups (broad SMARTS) is 1. The van der Waals surface area contributed by atoms with Crippen molar-refractivity contribution in [3.63, 3.8) is 0 Å². The van der Waals surface area contributed by atoms with Crippen LogP contribution in [0.3, 0.4) is 0 Å². The number of carbonyl (C=O) groups is 2. The first-order valence-corrected chi connectivity index (χ1v) is 11.1. The van der Waals surface area contributed by atoms with E-state index >= 15 is 0 Å². The molecule has 3 N–H and O–H groups in total. The van der Waals surface area contributed by atoms with E-state index in [1.807, 2.05) is 6.08 Å². The van der Waals surface area contributed by atoms with Gasteiger partial charge in [0, 0.05) is 25.4 Å². The van der Waals surface area contributed by atoms with Gasteiger partial charge in [0.2, 0.25) is 0 Å². The first-order chi connectivity index (χ1) is 13.8. The number of carbonyl (C=O) groups excluding carboxylic acids is 1. The van der Waals surface area contributed by atoms with Crippen LogP contribution in [0.1, 0.15) is 78.1 Å². The Balaban J connectivity index is 2.50. The maximum absolute atomic E-state index is 12.3. The number of unbranched alkanes of at least 4 members (excludes halogenated alkanes) is 2. The zero-order valence-electron chi connectivity index (χ0n) is 18.3. The lowest BCUT2D eigenvalue weighted by atomic mass is 9.88. The Morgan fingerprint density at radius 3 is 2.62 bits per heavy atom. The van der Waals surface area contributed by atoms with Crippen molar-refractivity contribution in [2.75, 3.05) is 7.11 Å². The lowest BCUT2D eigenvalue weighted by molar-refractivity contribution is -0.139. The molecule has 1 aliphatic rings. The molecule has 6 atom stereocenters. The van der Waals surface area contributed by atoms with Crippen molar-refractivity contribution < 1.29 is 29.6 Å². The predicted molar refractivity (Wildman–Crippen MR) is 113 cm³/mol. The second-order valence-corrected chi connectivity index (χ2v) is 8.60. The summed E-state index contributed by atoms with van der Waals surface area (Å²) in [6.07, 6.45) is 9.14. The molecule has 6 heteroatoms. The number of aliphatic carboxylic acids is 1. The van der Waals surface area contributed by atoms with E-state index in [1.54, 1.807) is 6.08 Å². The molecule has 0 aromatic heterocycles. The van der Waals surface area contributed by atoms with Gasteiger partial charge in [0.1, 0.15) is 5.78 Å². The summed E-state index contributed by atoms with van der Waals surface area (Å²) in [4.78, 5) is 23.1. The first kappa shape index (κ1) is 25.8. The molecule has 0 bridgehead atoms. The monoisotopic (exact) mass is 412 g/mol. The number of ether oxygens (including phenoxy) is 1. The van der Waals surface area contributed by atoms with Gasteiger partial charge in [0.05, 0.1) is 24.7 Å². The highest BCUT2D eigenvalue weighted by Gasteiger charge is 2.39. The third-order valence-corrected chi connectivity index (χ3v) is 6.01. The van der Waals surface area contributed by atoms with Gasteiger partial charge in [-0.05, 0) is 25.2 Å². The Bertz CT molecular complexity index is 517. The summed E-state index contributed by atoms with van der Waals surface area (Å²) in [5, 5.41) is 29.4. The Kier molecular flexibility index (Phi) is 12.4. The van der Waals surface area contributed by atoms with Crippen molar-refractivity contribution in [2.45, 2.75) is 96.4 Å². The van der Waals surface area contributed by atoms with Crippen LogP contribution >= 0.6 is 0 Å². The van der Waals surface area contributed by atoms with E-state index in [0.29, 0.717) is 25.2 Å². The van der Waals surface area contributed by atoms with Crippen molar-refractivity contribution in [2.24, 2.45) is 17.8 Å². The lowest BCUT2D eigenvalue weighted by Crippen LogP contribution is -2.20. The van der Waals surface area contributed by atoms with Crippen LogP contribution in [0.5, 0.6) is 0 Å². The first-order valence-electron chi connectivity index (χ1n) is 11.1. The van der Waals surface area contributed by atoms with Crippen molar-refractivity contribution in [1.29, 1.82) is 0 Å². The lowest BCUT2D eigenvalue weighted by Gasteiger charge is -2.19. The van der Waals surface area contributed by atoms with Gasteiger partial charge in [-0.15, -0.1) is 0 Å². The molecule has 0 heterocycles. The number of rotatable bonds is 15. The van der Waals surface area contributed by atoms with Gasteiger partial charge in [-0.25, -0.2) is 0 Å². The average molecular weight is 413 g/mol. The molecule has 0 saturated heterocycles. The van der Waals surface area contributed by atoms with Crippen LogP contribution in [0.25, 0.3) is 0 Å². The summed E-state index contributed by atoms with van der Waals surface area (Å²) in [6.45, 7) is 4.30. The van der Waals surface area contributed by atoms with Crippen molar-refractivity contribution in [1.82, 2.24) is 0 Å². The van der Waals surface area contributed by atoms with Crippen molar-refractivity contribution in [3.8, 4) is 0 Å². The molecule has 0 spiro atoms. The summed E-state index contributed by atoms with van der Waals surface area (Å²) < 4.78 is 5.19. The molecule has 168 valence electrons. The summed E-state index contributed by atoms with van der Waals surface area (Å²) in [5.41, 5.74) is 0. The molecule has 1 saturated carbocycles. The highest BCUT2D eigenvalue weighted by molar-refractivity contribution is 5.84. The molecule has 1 rings (SSSR count). The molecule has 0 aromatic carbocycles. The highest BCUT2D eigenvalue weighted by atomic mass is 16.5. The zero-order chi connectivity index (χ0) is 21.8. The number of hydrogen-bond acceptors (Lipinski definition) is 5. The van der Waals surface area contributed by atoms with Crippen LogP contribution in [0.15, 0.2) is 12.2 Å². The SMILES string of the molecule is CCCCC(C)CC(O)C=C[C@H]1C(O)CC(=O)C1CCCCC(CC(=O)O)OC. The van der Waals surface area contributed by atoms with Crippen LogP contribution in [-0.2, 0) is 14.3 Å². The summed E-state index contributed by atoms with van der Waals surface area (Å²) in [5.74, 6) is -0.836. The minimum absolute atomic E-state index is 0.0164. The Labute approximate surface area is 175 Å². The predicted octanol–water partition coefficient (Wildman–Crippen LogP) is 3.74. The van der Waals surface area contributed by atoms with Crippen LogP contribution < -0.4 is 0 Å². The minimum Gasteiger partial charge on any atom is -0.481 e. The van der Waals surface area contributed by atoms with E-state index in [0.717, 1.165) is 32.1 Å². The summed E-state index contributed by atoms with van der Waals surface area (Å²) in [6, 6.07) is 0. The molecule has 0 radical (unpaired) electrons. The Morgan fingerprint density at radius 2 is 2.00 bits per heavy atom. The number of hydrogen-bond donors (Lipinski definition) is 3. The molecule has 29 heavy (non-hydrogen) atoms. The van der Waals surface area contributed by atoms with Crippen LogP contribution in [0, 0.1) is 17.8 Å². The highest BCUT2D eigenvalue weighted by Crippen LogP contribution is 2.34. The van der Waals surface area contributed by atoms with Crippen LogP contribution in [0.2, 0.25) is 0 Å². The van der Waals surface area contributed by atoms with Crippen molar-refractivity contribution >= 4 is 11.8 Å². The standard InChI is InChI=1S/C23H40O6/c1-4-5-8-16(2)13-17(24)11-12-20-19(21(25)15-22(20)26)10-7-6-9-18(29-3)14-23(27)28/h11-12,16-20,22,24,26H,4-10,13-15H2,1-3H3,(H,27,28)/t16?,17?,18?,19?,20-,22?/m1/s1. The van der Waals surface area contributed by atoms with E-state index in [1.165, 1.54) is 7.11 Å². The fraction of sp³-hybridized carbons (Fsp3) is 0.826. The van der Waals surface area contributed by atoms with Crippen molar-refractivity contribution in [3.05, 3.63) is 12.2 Å². The smallest absolute Gasteiger partial charge is 0.305 e. The van der Waals surface area contributed by atoms with E-state index in [4.69, 9.17) is 9.84 Å². The normalized spacial score (nSPS) is 25.4. The number of Topliss-reactive ketones (excluding diaryl/α,β-unsaturated/α-hetero) is 1. The number of carboxylic acids is 1. The molecule has 1 fully saturated rings. The number of aliphatic hydroxyl groups is 2. The van der Waals surface area contributed by atoms with Gasteiger partial charge >= 0.3 is 5.97 Å². The molecular weight excluding hydrogens is 372 g/mol. The van der Waals surface area contributed by atoms with Crippen LogP contribution in [-0.4, -0.2) is 52.5 Å². The minimum atomic E-state index is -0.876. The van der Waals surface area contributed by atoms with E-state index in [-0.39, 0.29) is 36.6 Å². The van der Waals surface area contributed by atoms with Gasteiger partial charge in [0.25, 0.3) is 0 Å². The van der Waals surface area contributed by atoms with Gasteiger partial charge in [-0.1, -0.05) is 58.1 Å². The fourth-order valence-corrected chi connectivity index (χ4v) is 4.24. The summed E-state index contributed by atoms with van der Waals surface area (Å²) in [7, 11) is 1.51. The topological polar surface area (TPSA) is 104 Å². The second-order valence-electron chi connectivity index (χ2n) is 8.60. The number of ketones is 1. The van der Waals surface area contributed by atoms with Gasteiger partial charge < -0.3 is 20.1 Å². The molecule has 0 aromatic rings. The third-order valence-electron chi connectivity index (χ3n) is 6.01. The average Bonchev–Trinajstić information content (AvgIpc) is 2.93. The quantitative estimate of drug-likeness (QED) is 0.280. The van der Waals surface area contributed by atoms with E-state index in [9.17, 15) is 19.8 Å². The molecular formula is C23H40O6. The van der Waals surface area contributed by atoms with E-state index < -0.39 is 18.2 Å².